The van der Waals surface area contributed by atoms with Gasteiger partial charge in [0.2, 0.25) is 5.91 Å². The molecular weight excluding hydrogens is 302 g/mol. The van der Waals surface area contributed by atoms with Crippen molar-refractivity contribution in [1.82, 2.24) is 4.90 Å². The first-order valence-electron chi connectivity index (χ1n) is 5.80. The molecule has 17 heavy (non-hydrogen) atoms. The highest BCUT2D eigenvalue weighted by Gasteiger charge is 2.34. The predicted octanol–water partition coefficient (Wildman–Crippen LogP) is 2.60. The van der Waals surface area contributed by atoms with Crippen LogP contribution in [0.2, 0.25) is 0 Å². The smallest absolute Gasteiger partial charge is 0.230 e. The molecule has 0 bridgehead atoms. The van der Waals surface area contributed by atoms with Crippen molar-refractivity contribution >= 4 is 33.2 Å². The van der Waals surface area contributed by atoms with Gasteiger partial charge in [0.05, 0.1) is 16.3 Å². The molecule has 1 heterocycles. The van der Waals surface area contributed by atoms with E-state index in [1.807, 2.05) is 24.0 Å². The number of halogens is 1. The van der Waals surface area contributed by atoms with Crippen LogP contribution in [-0.4, -0.2) is 35.1 Å². The van der Waals surface area contributed by atoms with Crippen molar-refractivity contribution in [2.75, 3.05) is 13.2 Å². The number of carbonyl (C=O) groups excluding carboxylic acids is 1. The van der Waals surface area contributed by atoms with Gasteiger partial charge in [0.15, 0.2) is 0 Å². The summed E-state index contributed by atoms with van der Waals surface area (Å²) in [6.45, 7) is 2.44. The van der Waals surface area contributed by atoms with Crippen molar-refractivity contribution in [3.05, 3.63) is 20.8 Å². The molecule has 1 amide bonds. The standard InChI is InChI=1S/C12H16BrNO2S/c1-8(10-4-5-11(13)17-10)12(16)14(6-7-15)9-2-3-9/h4-5,8-9,15H,2-3,6-7H2,1H3. The fourth-order valence-corrected chi connectivity index (χ4v) is 3.37. The summed E-state index contributed by atoms with van der Waals surface area (Å²) in [6.07, 6.45) is 2.15. The monoisotopic (exact) mass is 317 g/mol. The minimum absolute atomic E-state index is 0.0447. The minimum atomic E-state index is -0.113. The summed E-state index contributed by atoms with van der Waals surface area (Å²) in [5, 5.41) is 9.02. The molecule has 1 atom stereocenters. The van der Waals surface area contributed by atoms with Gasteiger partial charge in [-0.3, -0.25) is 4.79 Å². The van der Waals surface area contributed by atoms with Gasteiger partial charge in [-0.25, -0.2) is 0 Å². The van der Waals surface area contributed by atoms with E-state index < -0.39 is 0 Å². The van der Waals surface area contributed by atoms with Crippen LogP contribution >= 0.6 is 27.3 Å². The van der Waals surface area contributed by atoms with E-state index in [2.05, 4.69) is 15.9 Å². The van der Waals surface area contributed by atoms with E-state index in [1.54, 1.807) is 11.3 Å². The summed E-state index contributed by atoms with van der Waals surface area (Å²) in [5.74, 6) is 0.0225. The van der Waals surface area contributed by atoms with E-state index in [-0.39, 0.29) is 18.4 Å². The molecule has 1 unspecified atom stereocenters. The highest BCUT2D eigenvalue weighted by Crippen LogP contribution is 2.33. The third-order valence-electron chi connectivity index (χ3n) is 3.00. The van der Waals surface area contributed by atoms with Gasteiger partial charge in [-0.05, 0) is 47.8 Å². The van der Waals surface area contributed by atoms with Crippen LogP contribution in [-0.2, 0) is 4.79 Å². The molecule has 1 N–H and O–H groups in total. The van der Waals surface area contributed by atoms with Gasteiger partial charge in [-0.15, -0.1) is 11.3 Å². The quantitative estimate of drug-likeness (QED) is 0.906. The Balaban J connectivity index is 2.06. The van der Waals surface area contributed by atoms with Crippen LogP contribution < -0.4 is 0 Å². The van der Waals surface area contributed by atoms with Gasteiger partial charge in [-0.1, -0.05) is 0 Å². The predicted molar refractivity (Wildman–Crippen MR) is 72.3 cm³/mol. The third-order valence-corrected chi connectivity index (χ3v) is 4.81. The SMILES string of the molecule is CC(C(=O)N(CCO)C1CC1)c1ccc(Br)s1. The second-order valence-electron chi connectivity index (χ2n) is 4.35. The molecule has 2 rings (SSSR count). The number of amides is 1. The molecule has 5 heteroatoms. The van der Waals surface area contributed by atoms with E-state index in [4.69, 9.17) is 5.11 Å². The highest BCUT2D eigenvalue weighted by molar-refractivity contribution is 9.11. The van der Waals surface area contributed by atoms with Crippen LogP contribution in [0.5, 0.6) is 0 Å². The van der Waals surface area contributed by atoms with Crippen molar-refractivity contribution in [3.8, 4) is 0 Å². The molecule has 1 aromatic heterocycles. The van der Waals surface area contributed by atoms with Crippen molar-refractivity contribution in [2.24, 2.45) is 0 Å². The fourth-order valence-electron chi connectivity index (χ4n) is 1.90. The zero-order chi connectivity index (χ0) is 12.4. The second kappa shape index (κ2) is 5.50. The molecule has 0 aromatic carbocycles. The van der Waals surface area contributed by atoms with Gasteiger partial charge >= 0.3 is 0 Å². The van der Waals surface area contributed by atoms with Crippen LogP contribution in [0.4, 0.5) is 0 Å². The number of hydrogen-bond acceptors (Lipinski definition) is 3. The molecule has 1 aromatic rings. The average molecular weight is 318 g/mol. The van der Waals surface area contributed by atoms with Gasteiger partial charge in [0, 0.05) is 17.5 Å². The molecular formula is C12H16BrNO2S. The van der Waals surface area contributed by atoms with Crippen LogP contribution in [0.3, 0.4) is 0 Å². The third kappa shape index (κ3) is 3.09. The van der Waals surface area contributed by atoms with Crippen LogP contribution in [0.25, 0.3) is 0 Å². The van der Waals surface area contributed by atoms with Crippen molar-refractivity contribution in [3.63, 3.8) is 0 Å². The molecule has 1 saturated carbocycles. The number of aliphatic hydroxyl groups excluding tert-OH is 1. The summed E-state index contributed by atoms with van der Waals surface area (Å²) >= 11 is 5.01. The average Bonchev–Trinajstić information content (AvgIpc) is 3.06. The molecule has 0 saturated heterocycles. The van der Waals surface area contributed by atoms with E-state index in [9.17, 15) is 4.79 Å². The molecule has 1 fully saturated rings. The summed E-state index contributed by atoms with van der Waals surface area (Å²) in [6, 6.07) is 4.32. The lowest BCUT2D eigenvalue weighted by Gasteiger charge is -2.24. The van der Waals surface area contributed by atoms with Crippen molar-refractivity contribution in [1.29, 1.82) is 0 Å². The van der Waals surface area contributed by atoms with Crippen LogP contribution in [0.15, 0.2) is 15.9 Å². The second-order valence-corrected chi connectivity index (χ2v) is 6.84. The van der Waals surface area contributed by atoms with E-state index in [0.29, 0.717) is 12.6 Å². The van der Waals surface area contributed by atoms with Crippen LogP contribution in [0, 0.1) is 0 Å². The van der Waals surface area contributed by atoms with Gasteiger partial charge < -0.3 is 10.0 Å². The molecule has 0 spiro atoms. The Morgan fingerprint density at radius 3 is 2.82 bits per heavy atom. The summed E-state index contributed by atoms with van der Waals surface area (Å²) in [5.41, 5.74) is 0. The normalized spacial score (nSPS) is 16.9. The number of rotatable bonds is 5. The fraction of sp³-hybridized carbons (Fsp3) is 0.583. The molecule has 94 valence electrons. The van der Waals surface area contributed by atoms with Gasteiger partial charge in [0.25, 0.3) is 0 Å². The van der Waals surface area contributed by atoms with E-state index in [1.165, 1.54) is 0 Å². The number of aliphatic hydroxyl groups is 1. The maximum absolute atomic E-state index is 12.3. The van der Waals surface area contributed by atoms with Gasteiger partial charge in [0.1, 0.15) is 0 Å². The molecule has 1 aliphatic rings. The first-order chi connectivity index (χ1) is 8.13. The summed E-state index contributed by atoms with van der Waals surface area (Å²) in [7, 11) is 0. The zero-order valence-electron chi connectivity index (χ0n) is 9.73. The van der Waals surface area contributed by atoms with Crippen LogP contribution in [0.1, 0.15) is 30.6 Å². The van der Waals surface area contributed by atoms with E-state index in [0.717, 1.165) is 21.5 Å². The topological polar surface area (TPSA) is 40.5 Å². The Hall–Kier alpha value is -0.390. The van der Waals surface area contributed by atoms with Crippen molar-refractivity contribution < 1.29 is 9.90 Å². The molecule has 0 radical (unpaired) electrons. The number of hydrogen-bond donors (Lipinski definition) is 1. The first-order valence-corrected chi connectivity index (χ1v) is 7.41. The number of thiophene rings is 1. The lowest BCUT2D eigenvalue weighted by Crippen LogP contribution is -2.38. The largest absolute Gasteiger partial charge is 0.395 e. The summed E-state index contributed by atoms with van der Waals surface area (Å²) < 4.78 is 1.05. The van der Waals surface area contributed by atoms with Gasteiger partial charge in [-0.2, -0.15) is 0 Å². The minimum Gasteiger partial charge on any atom is -0.395 e. The molecule has 0 aliphatic heterocycles. The Morgan fingerprint density at radius 2 is 2.35 bits per heavy atom. The molecule has 1 aliphatic carbocycles. The lowest BCUT2D eigenvalue weighted by molar-refractivity contribution is -0.133. The lowest BCUT2D eigenvalue weighted by atomic mass is 10.1. The Bertz CT molecular complexity index is 403. The highest BCUT2D eigenvalue weighted by atomic mass is 79.9. The Labute approximate surface area is 114 Å². The van der Waals surface area contributed by atoms with E-state index >= 15 is 0 Å². The Morgan fingerprint density at radius 1 is 1.65 bits per heavy atom. The Kier molecular flexibility index (Phi) is 4.22. The van der Waals surface area contributed by atoms with Crippen molar-refractivity contribution in [2.45, 2.75) is 31.7 Å². The number of carbonyl (C=O) groups is 1. The maximum atomic E-state index is 12.3. The first kappa shape index (κ1) is 13.1. The maximum Gasteiger partial charge on any atom is 0.230 e. The number of nitrogens with zero attached hydrogens (tertiary/aromatic N) is 1. The summed E-state index contributed by atoms with van der Waals surface area (Å²) in [4.78, 5) is 15.2. The molecule has 3 nitrogen and oxygen atoms in total. The zero-order valence-corrected chi connectivity index (χ0v) is 12.1.